The maximum Gasteiger partial charge on any atom is 0.488 e. The first-order valence-corrected chi connectivity index (χ1v) is 11.5. The molecule has 0 unspecified atom stereocenters. The number of hydrogen-bond donors (Lipinski definition) is 4. The summed E-state index contributed by atoms with van der Waals surface area (Å²) in [4.78, 5) is 22.4. The number of hydrogen-bond acceptors (Lipinski definition) is 7. The van der Waals surface area contributed by atoms with Gasteiger partial charge in [-0.25, -0.2) is 9.97 Å². The summed E-state index contributed by atoms with van der Waals surface area (Å²) in [5.41, 5.74) is 9.28. The van der Waals surface area contributed by atoms with Crippen molar-refractivity contribution in [2.24, 2.45) is 5.73 Å². The minimum atomic E-state index is -1.51. The van der Waals surface area contributed by atoms with E-state index in [0.717, 1.165) is 37.5 Å². The highest BCUT2D eigenvalue weighted by Gasteiger charge is 2.20. The fraction of sp³-hybridized carbons (Fsp3) is 0.208. The molecule has 0 bridgehead atoms. The Morgan fingerprint density at radius 2 is 1.97 bits per heavy atom. The van der Waals surface area contributed by atoms with Crippen LogP contribution in [-0.4, -0.2) is 33.0 Å². The number of carbonyl (C=O) groups is 1. The zero-order chi connectivity index (χ0) is 23.7. The lowest BCUT2D eigenvalue weighted by Gasteiger charge is -2.15. The second kappa shape index (κ2) is 9.31. The highest BCUT2D eigenvalue weighted by atomic mass is 32.1. The van der Waals surface area contributed by atoms with Crippen LogP contribution in [0.3, 0.4) is 0 Å². The van der Waals surface area contributed by atoms with E-state index in [9.17, 15) is 14.8 Å². The van der Waals surface area contributed by atoms with Crippen molar-refractivity contribution in [3.8, 4) is 11.4 Å². The second-order valence-corrected chi connectivity index (χ2v) is 9.43. The van der Waals surface area contributed by atoms with Crippen LogP contribution in [0.25, 0.3) is 21.5 Å². The lowest BCUT2D eigenvalue weighted by Crippen LogP contribution is -2.30. The van der Waals surface area contributed by atoms with E-state index in [-0.39, 0.29) is 5.92 Å². The number of rotatable bonds is 7. The molecular formula is C24H25BN4O3S. The van der Waals surface area contributed by atoms with Crippen LogP contribution in [0.2, 0.25) is 0 Å². The van der Waals surface area contributed by atoms with E-state index >= 15 is 0 Å². The molecule has 168 valence electrons. The molecule has 1 amide bonds. The van der Waals surface area contributed by atoms with Crippen LogP contribution in [0.4, 0.5) is 5.82 Å². The number of aryl methyl sites for hydroxylation is 1. The van der Waals surface area contributed by atoms with Gasteiger partial charge in [0.05, 0.1) is 5.56 Å². The van der Waals surface area contributed by atoms with Gasteiger partial charge in [-0.3, -0.25) is 4.79 Å². The van der Waals surface area contributed by atoms with E-state index in [1.807, 2.05) is 31.3 Å². The molecule has 4 rings (SSSR count). The largest absolute Gasteiger partial charge is 0.488 e. The molecule has 0 saturated heterocycles. The van der Waals surface area contributed by atoms with Crippen LogP contribution >= 0.6 is 11.3 Å². The Kier molecular flexibility index (Phi) is 6.46. The highest BCUT2D eigenvalue weighted by Crippen LogP contribution is 2.39. The topological polar surface area (TPSA) is 121 Å². The molecule has 0 spiro atoms. The molecule has 0 atom stereocenters. The predicted molar refractivity (Wildman–Crippen MR) is 134 cm³/mol. The third kappa shape index (κ3) is 4.61. The average Bonchev–Trinajstić information content (AvgIpc) is 3.13. The Hall–Kier alpha value is -3.27. The summed E-state index contributed by atoms with van der Waals surface area (Å²) in [5, 5.41) is 23.2. The van der Waals surface area contributed by atoms with Gasteiger partial charge in [0.1, 0.15) is 5.82 Å². The van der Waals surface area contributed by atoms with Crippen molar-refractivity contribution in [1.82, 2.24) is 9.97 Å². The van der Waals surface area contributed by atoms with Crippen LogP contribution in [-0.2, 0) is 6.54 Å². The minimum absolute atomic E-state index is 0.203. The summed E-state index contributed by atoms with van der Waals surface area (Å²) in [6, 6.07) is 12.6. The smallest absolute Gasteiger partial charge is 0.423 e. The maximum atomic E-state index is 11.9. The van der Waals surface area contributed by atoms with Crippen molar-refractivity contribution in [3.63, 3.8) is 0 Å². The van der Waals surface area contributed by atoms with Crippen molar-refractivity contribution in [3.05, 3.63) is 70.2 Å². The Balaban J connectivity index is 1.74. The maximum absolute atomic E-state index is 11.9. The minimum Gasteiger partial charge on any atom is -0.423 e. The second-order valence-electron chi connectivity index (χ2n) is 8.20. The number of carbonyl (C=O) groups excluding carboxylic acids is 1. The van der Waals surface area contributed by atoms with Gasteiger partial charge >= 0.3 is 7.12 Å². The predicted octanol–water partition coefficient (Wildman–Crippen LogP) is 3.18. The lowest BCUT2D eigenvalue weighted by atomic mass is 9.79. The van der Waals surface area contributed by atoms with Gasteiger partial charge in [-0.1, -0.05) is 50.2 Å². The van der Waals surface area contributed by atoms with Gasteiger partial charge in [0, 0.05) is 38.8 Å². The number of thiophene rings is 1. The van der Waals surface area contributed by atoms with Crippen LogP contribution in [0.15, 0.2) is 48.7 Å². The molecule has 33 heavy (non-hydrogen) atoms. The Bertz CT molecular complexity index is 1340. The van der Waals surface area contributed by atoms with E-state index in [0.29, 0.717) is 23.4 Å². The van der Waals surface area contributed by atoms with Gasteiger partial charge in [-0.2, -0.15) is 0 Å². The first kappa shape index (κ1) is 22.9. The molecule has 9 heteroatoms. The third-order valence-corrected chi connectivity index (χ3v) is 6.68. The normalized spacial score (nSPS) is 11.2. The van der Waals surface area contributed by atoms with Crippen LogP contribution in [0.1, 0.15) is 46.1 Å². The number of benzene rings is 2. The molecule has 0 aliphatic rings. The van der Waals surface area contributed by atoms with Gasteiger partial charge in [0.2, 0.25) is 5.91 Å². The zero-order valence-corrected chi connectivity index (χ0v) is 19.5. The molecular weight excluding hydrogens is 435 g/mol. The lowest BCUT2D eigenvalue weighted by molar-refractivity contribution is 0.100. The molecule has 2 aromatic carbocycles. The van der Waals surface area contributed by atoms with E-state index in [1.54, 1.807) is 24.3 Å². The standard InChI is InChI=1S/C24H25BN4O3S/c1-13(2)19-12-28-24(20-14(3)33-21-17(20)8-5-9-18(21)22(26)30)29-23(19)27-11-15-6-4-7-16(10-15)25(31)32/h4-10,12-13,31-32H,11H2,1-3H3,(H2,26,30)(H,27,28,29). The van der Waals surface area contributed by atoms with Gasteiger partial charge in [-0.05, 0) is 29.9 Å². The van der Waals surface area contributed by atoms with E-state index in [2.05, 4.69) is 24.1 Å². The van der Waals surface area contributed by atoms with Crippen molar-refractivity contribution < 1.29 is 14.8 Å². The fourth-order valence-electron chi connectivity index (χ4n) is 3.83. The third-order valence-electron chi connectivity index (χ3n) is 5.53. The quantitative estimate of drug-likeness (QED) is 0.315. The number of nitrogens with two attached hydrogens (primary N) is 1. The van der Waals surface area contributed by atoms with Gasteiger partial charge in [0.15, 0.2) is 5.82 Å². The number of nitrogens with one attached hydrogen (secondary N) is 1. The van der Waals surface area contributed by atoms with Crippen LogP contribution < -0.4 is 16.5 Å². The number of nitrogens with zero attached hydrogens (tertiary/aromatic N) is 2. The molecule has 0 aliphatic heterocycles. The zero-order valence-electron chi connectivity index (χ0n) is 18.7. The molecule has 0 radical (unpaired) electrons. The highest BCUT2D eigenvalue weighted by molar-refractivity contribution is 7.20. The van der Waals surface area contributed by atoms with Crippen LogP contribution in [0.5, 0.6) is 0 Å². The molecule has 5 N–H and O–H groups in total. The van der Waals surface area contributed by atoms with Crippen molar-refractivity contribution in [2.75, 3.05) is 5.32 Å². The van der Waals surface area contributed by atoms with Gasteiger partial charge < -0.3 is 21.1 Å². The summed E-state index contributed by atoms with van der Waals surface area (Å²) >= 11 is 1.51. The first-order valence-electron chi connectivity index (χ1n) is 10.6. The van der Waals surface area contributed by atoms with Gasteiger partial charge in [0.25, 0.3) is 0 Å². The molecule has 7 nitrogen and oxygen atoms in total. The van der Waals surface area contributed by atoms with Crippen molar-refractivity contribution in [2.45, 2.75) is 33.2 Å². The molecule has 2 heterocycles. The summed E-state index contributed by atoms with van der Waals surface area (Å²) in [5.74, 6) is 1.04. The van der Waals surface area contributed by atoms with E-state index in [4.69, 9.17) is 10.7 Å². The summed E-state index contributed by atoms with van der Waals surface area (Å²) in [6.07, 6.45) is 1.84. The summed E-state index contributed by atoms with van der Waals surface area (Å²) in [7, 11) is -1.51. The number of primary amides is 1. The molecule has 2 aromatic heterocycles. The number of anilines is 1. The van der Waals surface area contributed by atoms with Crippen molar-refractivity contribution >= 4 is 45.7 Å². The van der Waals surface area contributed by atoms with Crippen LogP contribution in [0, 0.1) is 6.92 Å². The summed E-state index contributed by atoms with van der Waals surface area (Å²) < 4.78 is 0.836. The van der Waals surface area contributed by atoms with E-state index in [1.165, 1.54) is 11.3 Å². The number of amides is 1. The SMILES string of the molecule is Cc1sc2c(C(N)=O)cccc2c1-c1ncc(C(C)C)c(NCc2cccc(B(O)O)c2)n1. The fourth-order valence-corrected chi connectivity index (χ4v) is 5.00. The Morgan fingerprint density at radius 3 is 2.67 bits per heavy atom. The van der Waals surface area contributed by atoms with Crippen molar-refractivity contribution in [1.29, 1.82) is 0 Å². The Labute approximate surface area is 196 Å². The number of aromatic nitrogens is 2. The van der Waals surface area contributed by atoms with E-state index < -0.39 is 13.0 Å². The summed E-state index contributed by atoms with van der Waals surface area (Å²) in [6.45, 7) is 6.61. The average molecular weight is 460 g/mol. The van der Waals surface area contributed by atoms with Gasteiger partial charge in [-0.15, -0.1) is 11.3 Å². The molecule has 4 aromatic rings. The molecule has 0 fully saturated rings. The molecule has 0 saturated carbocycles. The Morgan fingerprint density at radius 1 is 1.21 bits per heavy atom. The number of fused-ring (bicyclic) bond motifs is 1. The monoisotopic (exact) mass is 460 g/mol. The molecule has 0 aliphatic carbocycles. The first-order chi connectivity index (χ1) is 15.8.